The first-order valence-electron chi connectivity index (χ1n) is 5.25. The third-order valence-corrected chi connectivity index (χ3v) is 2.93. The molecule has 2 rings (SSSR count). The largest absolute Gasteiger partial charge is 0.388 e. The van der Waals surface area contributed by atoms with Crippen LogP contribution in [0.5, 0.6) is 0 Å². The quantitative estimate of drug-likeness (QED) is 0.727. The zero-order valence-electron chi connectivity index (χ0n) is 8.52. The number of nitrogens with one attached hydrogen (secondary N) is 1. The highest BCUT2D eigenvalue weighted by Gasteiger charge is 2.24. The minimum absolute atomic E-state index is 0.270. The molecular formula is C12H15NO2. The molecule has 1 aliphatic rings. The Morgan fingerprint density at radius 1 is 1.53 bits per heavy atom. The number of aldehydes is 1. The lowest BCUT2D eigenvalue weighted by Crippen LogP contribution is -2.16. The zero-order chi connectivity index (χ0) is 10.7. The molecule has 3 nitrogen and oxygen atoms in total. The molecular weight excluding hydrogens is 190 g/mol. The molecule has 1 aromatic carbocycles. The molecule has 0 aromatic heterocycles. The summed E-state index contributed by atoms with van der Waals surface area (Å²) < 4.78 is 0. The fourth-order valence-corrected chi connectivity index (χ4v) is 2.03. The van der Waals surface area contributed by atoms with Crippen molar-refractivity contribution in [1.29, 1.82) is 0 Å². The Kier molecular flexibility index (Phi) is 3.14. The van der Waals surface area contributed by atoms with Crippen LogP contribution in [0.25, 0.3) is 0 Å². The molecule has 0 aliphatic carbocycles. The van der Waals surface area contributed by atoms with Crippen LogP contribution in [-0.2, 0) is 0 Å². The van der Waals surface area contributed by atoms with Crippen LogP contribution in [0, 0.1) is 5.92 Å². The Bertz CT molecular complexity index is 345. The SMILES string of the molecule is O=Cc1cccc(C(O)C2CCNC2)c1. The van der Waals surface area contributed by atoms with Crippen LogP contribution in [0.4, 0.5) is 0 Å². The number of hydrogen-bond donors (Lipinski definition) is 2. The van der Waals surface area contributed by atoms with E-state index in [1.807, 2.05) is 12.1 Å². The van der Waals surface area contributed by atoms with E-state index in [2.05, 4.69) is 5.32 Å². The van der Waals surface area contributed by atoms with Gasteiger partial charge >= 0.3 is 0 Å². The van der Waals surface area contributed by atoms with Crippen molar-refractivity contribution < 1.29 is 9.90 Å². The Hall–Kier alpha value is -1.19. The first-order chi connectivity index (χ1) is 7.31. The van der Waals surface area contributed by atoms with Crippen molar-refractivity contribution in [2.75, 3.05) is 13.1 Å². The minimum Gasteiger partial charge on any atom is -0.388 e. The second kappa shape index (κ2) is 4.55. The van der Waals surface area contributed by atoms with E-state index in [0.717, 1.165) is 31.4 Å². The molecule has 1 fully saturated rings. The topological polar surface area (TPSA) is 49.3 Å². The summed E-state index contributed by atoms with van der Waals surface area (Å²) in [5.41, 5.74) is 1.46. The van der Waals surface area contributed by atoms with E-state index in [-0.39, 0.29) is 5.92 Å². The predicted molar refractivity (Wildman–Crippen MR) is 57.8 cm³/mol. The summed E-state index contributed by atoms with van der Waals surface area (Å²) in [7, 11) is 0. The molecule has 3 heteroatoms. The van der Waals surface area contributed by atoms with Gasteiger partial charge in [0.15, 0.2) is 0 Å². The van der Waals surface area contributed by atoms with E-state index >= 15 is 0 Å². The maximum atomic E-state index is 10.6. The van der Waals surface area contributed by atoms with Gasteiger partial charge in [0.2, 0.25) is 0 Å². The van der Waals surface area contributed by atoms with Crippen LogP contribution < -0.4 is 5.32 Å². The van der Waals surface area contributed by atoms with Gasteiger partial charge in [0.05, 0.1) is 6.10 Å². The lowest BCUT2D eigenvalue weighted by atomic mass is 9.94. The number of aliphatic hydroxyl groups is 1. The van der Waals surface area contributed by atoms with Gasteiger partial charge in [0.25, 0.3) is 0 Å². The van der Waals surface area contributed by atoms with Crippen LogP contribution in [0.15, 0.2) is 24.3 Å². The third-order valence-electron chi connectivity index (χ3n) is 2.93. The van der Waals surface area contributed by atoms with Gasteiger partial charge in [-0.15, -0.1) is 0 Å². The summed E-state index contributed by atoms with van der Waals surface area (Å²) in [6.07, 6.45) is 1.34. The Morgan fingerprint density at radius 3 is 3.07 bits per heavy atom. The van der Waals surface area contributed by atoms with Crippen molar-refractivity contribution in [3.05, 3.63) is 35.4 Å². The van der Waals surface area contributed by atoms with E-state index in [9.17, 15) is 9.90 Å². The van der Waals surface area contributed by atoms with Crippen molar-refractivity contribution in [2.45, 2.75) is 12.5 Å². The fraction of sp³-hybridized carbons (Fsp3) is 0.417. The maximum absolute atomic E-state index is 10.6. The Balaban J connectivity index is 2.16. The molecule has 80 valence electrons. The summed E-state index contributed by atoms with van der Waals surface area (Å²) in [6, 6.07) is 7.19. The summed E-state index contributed by atoms with van der Waals surface area (Å²) in [6.45, 7) is 1.82. The van der Waals surface area contributed by atoms with Crippen molar-refractivity contribution >= 4 is 6.29 Å². The number of carbonyl (C=O) groups is 1. The Labute approximate surface area is 89.1 Å². The number of carbonyl (C=O) groups excluding carboxylic acids is 1. The second-order valence-electron chi connectivity index (χ2n) is 3.99. The smallest absolute Gasteiger partial charge is 0.150 e. The highest BCUT2D eigenvalue weighted by Crippen LogP contribution is 2.26. The normalized spacial score (nSPS) is 22.6. The predicted octanol–water partition coefficient (Wildman–Crippen LogP) is 1.14. The van der Waals surface area contributed by atoms with Crippen molar-refractivity contribution in [3.63, 3.8) is 0 Å². The molecule has 2 unspecified atom stereocenters. The molecule has 1 heterocycles. The van der Waals surface area contributed by atoms with Crippen molar-refractivity contribution in [1.82, 2.24) is 5.32 Å². The fourth-order valence-electron chi connectivity index (χ4n) is 2.03. The summed E-state index contributed by atoms with van der Waals surface area (Å²) >= 11 is 0. The van der Waals surface area contributed by atoms with Gasteiger partial charge in [0.1, 0.15) is 6.29 Å². The maximum Gasteiger partial charge on any atom is 0.150 e. The summed E-state index contributed by atoms with van der Waals surface area (Å²) in [5.74, 6) is 0.270. The number of aliphatic hydroxyl groups excluding tert-OH is 1. The van der Waals surface area contributed by atoms with E-state index in [1.165, 1.54) is 0 Å². The molecule has 0 spiro atoms. The van der Waals surface area contributed by atoms with Crippen molar-refractivity contribution in [2.24, 2.45) is 5.92 Å². The lowest BCUT2D eigenvalue weighted by Gasteiger charge is -2.17. The molecule has 0 saturated carbocycles. The van der Waals surface area contributed by atoms with Crippen LogP contribution in [0.1, 0.15) is 28.4 Å². The summed E-state index contributed by atoms with van der Waals surface area (Å²) in [4.78, 5) is 10.6. The molecule has 1 saturated heterocycles. The molecule has 0 bridgehead atoms. The highest BCUT2D eigenvalue weighted by atomic mass is 16.3. The molecule has 15 heavy (non-hydrogen) atoms. The average molecular weight is 205 g/mol. The molecule has 0 radical (unpaired) electrons. The first kappa shape index (κ1) is 10.3. The monoisotopic (exact) mass is 205 g/mol. The lowest BCUT2D eigenvalue weighted by molar-refractivity contribution is 0.111. The number of benzene rings is 1. The van der Waals surface area contributed by atoms with Gasteiger partial charge in [-0.25, -0.2) is 0 Å². The summed E-state index contributed by atoms with van der Waals surface area (Å²) in [5, 5.41) is 13.3. The standard InChI is InChI=1S/C12H15NO2/c14-8-9-2-1-3-10(6-9)12(15)11-4-5-13-7-11/h1-3,6,8,11-13,15H,4-5,7H2. The van der Waals surface area contributed by atoms with Crippen LogP contribution in [-0.4, -0.2) is 24.5 Å². The van der Waals surface area contributed by atoms with E-state index in [1.54, 1.807) is 12.1 Å². The van der Waals surface area contributed by atoms with Gasteiger partial charge in [0, 0.05) is 18.0 Å². The first-order valence-corrected chi connectivity index (χ1v) is 5.25. The van der Waals surface area contributed by atoms with E-state index in [0.29, 0.717) is 5.56 Å². The second-order valence-corrected chi connectivity index (χ2v) is 3.99. The highest BCUT2D eigenvalue weighted by molar-refractivity contribution is 5.74. The molecule has 2 atom stereocenters. The number of hydrogen-bond acceptors (Lipinski definition) is 3. The van der Waals surface area contributed by atoms with Gasteiger partial charge in [-0.3, -0.25) is 4.79 Å². The van der Waals surface area contributed by atoms with Crippen molar-refractivity contribution in [3.8, 4) is 0 Å². The van der Waals surface area contributed by atoms with Gasteiger partial charge in [-0.1, -0.05) is 18.2 Å². The zero-order valence-corrected chi connectivity index (χ0v) is 8.52. The molecule has 1 aromatic rings. The van der Waals surface area contributed by atoms with Gasteiger partial charge < -0.3 is 10.4 Å². The average Bonchev–Trinajstić information content (AvgIpc) is 2.81. The van der Waals surface area contributed by atoms with Gasteiger partial charge in [-0.05, 0) is 24.6 Å². The minimum atomic E-state index is -0.458. The molecule has 1 aliphatic heterocycles. The third kappa shape index (κ3) is 2.25. The van der Waals surface area contributed by atoms with E-state index < -0.39 is 6.10 Å². The van der Waals surface area contributed by atoms with Crippen LogP contribution >= 0.6 is 0 Å². The van der Waals surface area contributed by atoms with Gasteiger partial charge in [-0.2, -0.15) is 0 Å². The molecule has 2 N–H and O–H groups in total. The molecule has 0 amide bonds. The van der Waals surface area contributed by atoms with E-state index in [4.69, 9.17) is 0 Å². The van der Waals surface area contributed by atoms with Crippen LogP contribution in [0.2, 0.25) is 0 Å². The number of rotatable bonds is 3. The Morgan fingerprint density at radius 2 is 2.40 bits per heavy atom. The van der Waals surface area contributed by atoms with Crippen LogP contribution in [0.3, 0.4) is 0 Å².